The summed E-state index contributed by atoms with van der Waals surface area (Å²) in [7, 11) is 0. The maximum absolute atomic E-state index is 4.38. The summed E-state index contributed by atoms with van der Waals surface area (Å²) >= 11 is 0. The van der Waals surface area contributed by atoms with Crippen LogP contribution in [0, 0.1) is 5.92 Å². The lowest BCUT2D eigenvalue weighted by Crippen LogP contribution is -2.32. The summed E-state index contributed by atoms with van der Waals surface area (Å²) in [5.74, 6) is 1.75. The molecule has 0 atom stereocenters. The molecule has 0 spiro atoms. The van der Waals surface area contributed by atoms with Crippen molar-refractivity contribution in [2.75, 3.05) is 18.0 Å². The van der Waals surface area contributed by atoms with E-state index in [4.69, 9.17) is 0 Å². The summed E-state index contributed by atoms with van der Waals surface area (Å²) in [4.78, 5) is 11.1. The molecule has 2 rings (SSSR count). The summed E-state index contributed by atoms with van der Waals surface area (Å²) < 4.78 is 0. The van der Waals surface area contributed by atoms with Crippen LogP contribution in [0.3, 0.4) is 0 Å². The van der Waals surface area contributed by atoms with Crippen molar-refractivity contribution >= 4 is 5.95 Å². The first-order valence-corrected chi connectivity index (χ1v) is 6.92. The molecule has 1 aromatic rings. The van der Waals surface area contributed by atoms with Gasteiger partial charge in [-0.2, -0.15) is 0 Å². The van der Waals surface area contributed by atoms with Gasteiger partial charge in [0, 0.05) is 25.5 Å². The minimum atomic E-state index is 0.846. The van der Waals surface area contributed by atoms with Crippen LogP contribution >= 0.6 is 0 Å². The quantitative estimate of drug-likeness (QED) is 0.781. The Kier molecular flexibility index (Phi) is 4.77. The number of hydrogen-bond donors (Lipinski definition) is 0. The normalized spacial score (nSPS) is 17.0. The molecule has 0 saturated heterocycles. The lowest BCUT2D eigenvalue weighted by molar-refractivity contribution is 0.356. The minimum absolute atomic E-state index is 0.846. The Labute approximate surface area is 104 Å². The van der Waals surface area contributed by atoms with Gasteiger partial charge in [-0.25, -0.2) is 9.97 Å². The predicted octanol–water partition coefficient (Wildman–Crippen LogP) is 3.27. The van der Waals surface area contributed by atoms with Gasteiger partial charge in [-0.3, -0.25) is 0 Å². The Balaban J connectivity index is 1.96. The largest absolute Gasteiger partial charge is 0.341 e. The van der Waals surface area contributed by atoms with Gasteiger partial charge in [0.1, 0.15) is 0 Å². The number of rotatable bonds is 5. The van der Waals surface area contributed by atoms with Gasteiger partial charge in [-0.15, -0.1) is 0 Å². The van der Waals surface area contributed by atoms with Gasteiger partial charge in [-0.1, -0.05) is 26.2 Å². The van der Waals surface area contributed by atoms with Crippen molar-refractivity contribution in [3.63, 3.8) is 0 Å². The van der Waals surface area contributed by atoms with E-state index in [0.29, 0.717) is 0 Å². The number of anilines is 1. The molecule has 1 aliphatic carbocycles. The van der Waals surface area contributed by atoms with Crippen LogP contribution < -0.4 is 4.90 Å². The van der Waals surface area contributed by atoms with E-state index in [1.54, 1.807) is 0 Å². The molecule has 0 aliphatic heterocycles. The van der Waals surface area contributed by atoms with Gasteiger partial charge in [-0.05, 0) is 31.2 Å². The first-order chi connectivity index (χ1) is 8.40. The third kappa shape index (κ3) is 3.69. The van der Waals surface area contributed by atoms with Crippen LogP contribution in [0.2, 0.25) is 0 Å². The zero-order valence-electron chi connectivity index (χ0n) is 10.8. The molecule has 1 fully saturated rings. The Morgan fingerprint density at radius 2 is 1.88 bits per heavy atom. The van der Waals surface area contributed by atoms with E-state index >= 15 is 0 Å². The van der Waals surface area contributed by atoms with E-state index in [2.05, 4.69) is 21.8 Å². The highest BCUT2D eigenvalue weighted by molar-refractivity contribution is 5.28. The topological polar surface area (TPSA) is 29.0 Å². The van der Waals surface area contributed by atoms with Crippen LogP contribution in [-0.2, 0) is 0 Å². The van der Waals surface area contributed by atoms with Gasteiger partial charge < -0.3 is 4.90 Å². The molecule has 17 heavy (non-hydrogen) atoms. The van der Waals surface area contributed by atoms with Crippen LogP contribution in [0.4, 0.5) is 5.95 Å². The third-order valence-electron chi connectivity index (χ3n) is 3.53. The summed E-state index contributed by atoms with van der Waals surface area (Å²) in [5, 5.41) is 0. The molecule has 1 saturated carbocycles. The van der Waals surface area contributed by atoms with Gasteiger partial charge in [0.25, 0.3) is 0 Å². The molecule has 0 N–H and O–H groups in total. The first-order valence-electron chi connectivity index (χ1n) is 6.92. The highest BCUT2D eigenvalue weighted by Gasteiger charge is 2.18. The third-order valence-corrected chi connectivity index (χ3v) is 3.53. The zero-order valence-corrected chi connectivity index (χ0v) is 10.8. The van der Waals surface area contributed by atoms with Gasteiger partial charge in [0.15, 0.2) is 0 Å². The lowest BCUT2D eigenvalue weighted by Gasteiger charge is -2.29. The highest BCUT2D eigenvalue weighted by atomic mass is 15.2. The predicted molar refractivity (Wildman–Crippen MR) is 71.1 cm³/mol. The van der Waals surface area contributed by atoms with Gasteiger partial charge in [0.2, 0.25) is 5.95 Å². The van der Waals surface area contributed by atoms with Gasteiger partial charge >= 0.3 is 0 Å². The van der Waals surface area contributed by atoms with Crippen molar-refractivity contribution in [1.82, 2.24) is 9.97 Å². The standard InChI is InChI=1S/C14H23N3/c1-2-11-17(14-15-9-6-10-16-14)12-13-7-4-3-5-8-13/h6,9-10,13H,2-5,7-8,11-12H2,1H3. The molecule has 1 aliphatic rings. The second-order valence-corrected chi connectivity index (χ2v) is 5.00. The Hall–Kier alpha value is -1.12. The molecule has 3 heteroatoms. The van der Waals surface area contributed by atoms with Crippen molar-refractivity contribution in [2.24, 2.45) is 5.92 Å². The molecular weight excluding hydrogens is 210 g/mol. The van der Waals surface area contributed by atoms with E-state index in [1.165, 1.54) is 32.1 Å². The molecule has 0 radical (unpaired) electrons. The summed E-state index contributed by atoms with van der Waals surface area (Å²) in [6, 6.07) is 1.88. The molecular formula is C14H23N3. The summed E-state index contributed by atoms with van der Waals surface area (Å²) in [6.45, 7) is 4.43. The minimum Gasteiger partial charge on any atom is -0.341 e. The van der Waals surface area contributed by atoms with Crippen molar-refractivity contribution in [2.45, 2.75) is 45.4 Å². The van der Waals surface area contributed by atoms with E-state index in [1.807, 2.05) is 18.5 Å². The zero-order chi connectivity index (χ0) is 11.9. The van der Waals surface area contributed by atoms with Gasteiger partial charge in [0.05, 0.1) is 0 Å². The van der Waals surface area contributed by atoms with E-state index in [-0.39, 0.29) is 0 Å². The Morgan fingerprint density at radius 3 is 2.53 bits per heavy atom. The average Bonchev–Trinajstić information content (AvgIpc) is 2.40. The van der Waals surface area contributed by atoms with Crippen LogP contribution in [0.15, 0.2) is 18.5 Å². The molecule has 1 aromatic heterocycles. The summed E-state index contributed by atoms with van der Waals surface area (Å²) in [6.07, 6.45) is 11.8. The SMILES string of the molecule is CCCN(CC1CCCCC1)c1ncccn1. The molecule has 0 unspecified atom stereocenters. The van der Waals surface area contributed by atoms with Crippen molar-refractivity contribution in [3.8, 4) is 0 Å². The fourth-order valence-electron chi connectivity index (χ4n) is 2.68. The highest BCUT2D eigenvalue weighted by Crippen LogP contribution is 2.25. The van der Waals surface area contributed by atoms with Crippen LogP contribution in [0.1, 0.15) is 45.4 Å². The average molecular weight is 233 g/mol. The Morgan fingerprint density at radius 1 is 1.18 bits per heavy atom. The number of aromatic nitrogens is 2. The maximum Gasteiger partial charge on any atom is 0.225 e. The van der Waals surface area contributed by atoms with E-state index in [0.717, 1.165) is 31.4 Å². The first kappa shape index (κ1) is 12.3. The van der Waals surface area contributed by atoms with Crippen molar-refractivity contribution in [1.29, 1.82) is 0 Å². The molecule has 0 bridgehead atoms. The second kappa shape index (κ2) is 6.58. The van der Waals surface area contributed by atoms with E-state index in [9.17, 15) is 0 Å². The van der Waals surface area contributed by atoms with Crippen molar-refractivity contribution in [3.05, 3.63) is 18.5 Å². The molecule has 94 valence electrons. The van der Waals surface area contributed by atoms with Crippen molar-refractivity contribution < 1.29 is 0 Å². The smallest absolute Gasteiger partial charge is 0.225 e. The number of hydrogen-bond acceptors (Lipinski definition) is 3. The Bertz CT molecular complexity index is 307. The molecule has 0 amide bonds. The molecule has 1 heterocycles. The second-order valence-electron chi connectivity index (χ2n) is 5.00. The number of nitrogens with zero attached hydrogens (tertiary/aromatic N) is 3. The van der Waals surface area contributed by atoms with Crippen LogP contribution in [0.5, 0.6) is 0 Å². The lowest BCUT2D eigenvalue weighted by atomic mass is 9.89. The fraction of sp³-hybridized carbons (Fsp3) is 0.714. The monoisotopic (exact) mass is 233 g/mol. The fourth-order valence-corrected chi connectivity index (χ4v) is 2.68. The van der Waals surface area contributed by atoms with E-state index < -0.39 is 0 Å². The maximum atomic E-state index is 4.38. The van der Waals surface area contributed by atoms with Crippen LogP contribution in [-0.4, -0.2) is 23.1 Å². The molecule has 3 nitrogen and oxygen atoms in total. The van der Waals surface area contributed by atoms with Crippen LogP contribution in [0.25, 0.3) is 0 Å². The molecule has 0 aromatic carbocycles. The summed E-state index contributed by atoms with van der Waals surface area (Å²) in [5.41, 5.74) is 0.